The molecule has 0 saturated carbocycles. The molecule has 0 fully saturated rings. The zero-order chi connectivity index (χ0) is 18.9. The molecule has 27 heavy (non-hydrogen) atoms. The van der Waals surface area contributed by atoms with Gasteiger partial charge in [0.05, 0.1) is 4.90 Å². The summed E-state index contributed by atoms with van der Waals surface area (Å²) in [7, 11) is -1.95. The SMILES string of the molecule is Cn1nnnc1-c1cccc(S(=O)(=O)NCC2NCCc3ccccc32)c1. The molecule has 3 aromatic rings. The maximum Gasteiger partial charge on any atom is 0.240 e. The van der Waals surface area contributed by atoms with Crippen molar-refractivity contribution in [1.82, 2.24) is 30.2 Å². The van der Waals surface area contributed by atoms with E-state index in [2.05, 4.69) is 31.6 Å². The van der Waals surface area contributed by atoms with Crippen molar-refractivity contribution in [1.29, 1.82) is 0 Å². The Balaban J connectivity index is 1.54. The fourth-order valence-electron chi connectivity index (χ4n) is 3.33. The Bertz CT molecular complexity index is 1060. The number of fused-ring (bicyclic) bond motifs is 1. The number of hydrogen-bond donors (Lipinski definition) is 2. The van der Waals surface area contributed by atoms with Crippen molar-refractivity contribution in [3.8, 4) is 11.4 Å². The predicted molar refractivity (Wildman–Crippen MR) is 100 cm³/mol. The number of tetrazole rings is 1. The van der Waals surface area contributed by atoms with Crippen LogP contribution < -0.4 is 10.0 Å². The zero-order valence-corrected chi connectivity index (χ0v) is 15.6. The lowest BCUT2D eigenvalue weighted by molar-refractivity contribution is 0.491. The highest BCUT2D eigenvalue weighted by molar-refractivity contribution is 7.89. The van der Waals surface area contributed by atoms with E-state index in [0.717, 1.165) is 18.5 Å². The van der Waals surface area contributed by atoms with Crippen molar-refractivity contribution in [2.75, 3.05) is 13.1 Å². The van der Waals surface area contributed by atoms with Gasteiger partial charge in [0.15, 0.2) is 5.82 Å². The summed E-state index contributed by atoms with van der Waals surface area (Å²) in [5.41, 5.74) is 3.05. The van der Waals surface area contributed by atoms with Crippen molar-refractivity contribution in [3.63, 3.8) is 0 Å². The average molecular weight is 384 g/mol. The highest BCUT2D eigenvalue weighted by Crippen LogP contribution is 2.23. The summed E-state index contributed by atoms with van der Waals surface area (Å²) in [6, 6.07) is 14.7. The van der Waals surface area contributed by atoms with E-state index in [1.165, 1.54) is 10.2 Å². The number of aromatic nitrogens is 4. The van der Waals surface area contributed by atoms with Crippen LogP contribution in [0.2, 0.25) is 0 Å². The van der Waals surface area contributed by atoms with Gasteiger partial charge in [-0.15, -0.1) is 5.10 Å². The highest BCUT2D eigenvalue weighted by atomic mass is 32.2. The number of rotatable bonds is 5. The molecule has 0 radical (unpaired) electrons. The van der Waals surface area contributed by atoms with Crippen LogP contribution in [-0.2, 0) is 23.5 Å². The van der Waals surface area contributed by atoms with Crippen molar-refractivity contribution < 1.29 is 8.42 Å². The molecule has 0 saturated heterocycles. The summed E-state index contributed by atoms with van der Waals surface area (Å²) in [6.45, 7) is 1.12. The summed E-state index contributed by atoms with van der Waals surface area (Å²) in [5.74, 6) is 0.509. The fourth-order valence-corrected chi connectivity index (χ4v) is 4.42. The number of nitrogens with one attached hydrogen (secondary N) is 2. The molecule has 1 unspecified atom stereocenters. The lowest BCUT2D eigenvalue weighted by Gasteiger charge is -2.27. The van der Waals surface area contributed by atoms with Crippen LogP contribution >= 0.6 is 0 Å². The van der Waals surface area contributed by atoms with Gasteiger partial charge < -0.3 is 5.32 Å². The molecule has 2 heterocycles. The molecule has 8 nitrogen and oxygen atoms in total. The summed E-state index contributed by atoms with van der Waals surface area (Å²) >= 11 is 0. The van der Waals surface area contributed by atoms with Crippen molar-refractivity contribution in [3.05, 3.63) is 59.7 Å². The van der Waals surface area contributed by atoms with Crippen molar-refractivity contribution >= 4 is 10.0 Å². The Hall–Kier alpha value is -2.62. The number of hydrogen-bond acceptors (Lipinski definition) is 6. The van der Waals surface area contributed by atoms with Crippen LogP contribution in [-0.4, -0.2) is 41.7 Å². The Kier molecular flexibility index (Phi) is 4.73. The van der Waals surface area contributed by atoms with E-state index in [4.69, 9.17) is 0 Å². The second-order valence-electron chi connectivity index (χ2n) is 6.46. The molecule has 0 spiro atoms. The second kappa shape index (κ2) is 7.18. The van der Waals surface area contributed by atoms with Crippen LogP contribution in [0.25, 0.3) is 11.4 Å². The first kappa shape index (κ1) is 17.8. The number of aryl methyl sites for hydroxylation is 1. The fraction of sp³-hybridized carbons (Fsp3) is 0.278. The highest BCUT2D eigenvalue weighted by Gasteiger charge is 2.22. The van der Waals surface area contributed by atoms with E-state index in [9.17, 15) is 8.42 Å². The molecule has 2 N–H and O–H groups in total. The third kappa shape index (κ3) is 3.61. The minimum Gasteiger partial charge on any atom is -0.308 e. The number of benzene rings is 2. The van der Waals surface area contributed by atoms with Crippen LogP contribution in [0, 0.1) is 0 Å². The Morgan fingerprint density at radius 2 is 2.07 bits per heavy atom. The Morgan fingerprint density at radius 1 is 1.22 bits per heavy atom. The Labute approximate surface area is 157 Å². The topological polar surface area (TPSA) is 102 Å². The summed E-state index contributed by atoms with van der Waals surface area (Å²) < 4.78 is 29.8. The first-order chi connectivity index (χ1) is 13.0. The van der Waals surface area contributed by atoms with Gasteiger partial charge in [-0.3, -0.25) is 0 Å². The molecule has 140 valence electrons. The zero-order valence-electron chi connectivity index (χ0n) is 14.8. The molecule has 1 aromatic heterocycles. The maximum atomic E-state index is 12.8. The summed E-state index contributed by atoms with van der Waals surface area (Å²) in [6.07, 6.45) is 0.952. The van der Waals surface area contributed by atoms with Gasteiger partial charge in [0.2, 0.25) is 10.0 Å². The van der Waals surface area contributed by atoms with Gasteiger partial charge >= 0.3 is 0 Å². The minimum atomic E-state index is -3.66. The van der Waals surface area contributed by atoms with Crippen LogP contribution in [0.15, 0.2) is 53.4 Å². The summed E-state index contributed by atoms with van der Waals surface area (Å²) in [4.78, 5) is 0.187. The first-order valence-corrected chi connectivity index (χ1v) is 10.2. The largest absolute Gasteiger partial charge is 0.308 e. The maximum absolute atomic E-state index is 12.8. The van der Waals surface area contributed by atoms with Crippen LogP contribution in [0.3, 0.4) is 0 Å². The molecular formula is C18H20N6O2S. The second-order valence-corrected chi connectivity index (χ2v) is 8.23. The van der Waals surface area contributed by atoms with Crippen molar-refractivity contribution in [2.24, 2.45) is 7.05 Å². The van der Waals surface area contributed by atoms with Gasteiger partial charge in [-0.2, -0.15) is 0 Å². The average Bonchev–Trinajstić information content (AvgIpc) is 3.12. The lowest BCUT2D eigenvalue weighted by Crippen LogP contribution is -2.38. The Morgan fingerprint density at radius 3 is 2.89 bits per heavy atom. The molecule has 4 rings (SSSR count). The number of sulfonamides is 1. The third-order valence-electron chi connectivity index (χ3n) is 4.72. The number of nitrogens with zero attached hydrogens (tertiary/aromatic N) is 4. The third-order valence-corrected chi connectivity index (χ3v) is 6.14. The monoisotopic (exact) mass is 384 g/mol. The van der Waals surface area contributed by atoms with Gasteiger partial charge in [-0.05, 0) is 46.7 Å². The van der Waals surface area contributed by atoms with Gasteiger partial charge in [0.25, 0.3) is 0 Å². The molecule has 1 aliphatic heterocycles. The van der Waals surface area contributed by atoms with E-state index in [0.29, 0.717) is 11.4 Å². The van der Waals surface area contributed by atoms with Gasteiger partial charge in [0.1, 0.15) is 0 Å². The molecule has 9 heteroatoms. The smallest absolute Gasteiger partial charge is 0.240 e. The molecule has 0 aliphatic carbocycles. The normalized spacial score (nSPS) is 16.9. The van der Waals surface area contributed by atoms with Gasteiger partial charge in [-0.1, -0.05) is 36.4 Å². The molecule has 1 aliphatic rings. The molecule has 0 amide bonds. The van der Waals surface area contributed by atoms with Gasteiger partial charge in [0, 0.05) is 25.2 Å². The molecule has 2 aromatic carbocycles. The first-order valence-electron chi connectivity index (χ1n) is 8.68. The summed E-state index contributed by atoms with van der Waals surface area (Å²) in [5, 5.41) is 14.7. The lowest BCUT2D eigenvalue weighted by atomic mass is 9.95. The van der Waals surface area contributed by atoms with Crippen LogP contribution in [0.1, 0.15) is 17.2 Å². The van der Waals surface area contributed by atoms with E-state index in [1.807, 2.05) is 18.2 Å². The molecular weight excluding hydrogens is 364 g/mol. The van der Waals surface area contributed by atoms with Gasteiger partial charge in [-0.25, -0.2) is 17.8 Å². The molecule has 1 atom stereocenters. The predicted octanol–water partition coefficient (Wildman–Crippen LogP) is 1.04. The van der Waals surface area contributed by atoms with E-state index in [1.54, 1.807) is 31.3 Å². The standard InChI is InChI=1S/C18H20N6O2S/c1-24-18(21-22-23-24)14-6-4-7-15(11-14)27(25,26)20-12-17-16-8-3-2-5-13(16)9-10-19-17/h2-8,11,17,19-20H,9-10,12H2,1H3. The van der Waals surface area contributed by atoms with E-state index in [-0.39, 0.29) is 17.5 Å². The van der Waals surface area contributed by atoms with Crippen LogP contribution in [0.4, 0.5) is 0 Å². The van der Waals surface area contributed by atoms with Crippen LogP contribution in [0.5, 0.6) is 0 Å². The molecule has 0 bridgehead atoms. The van der Waals surface area contributed by atoms with E-state index < -0.39 is 10.0 Å². The minimum absolute atomic E-state index is 0.0455. The van der Waals surface area contributed by atoms with Crippen molar-refractivity contribution in [2.45, 2.75) is 17.4 Å². The quantitative estimate of drug-likeness (QED) is 0.682. The van der Waals surface area contributed by atoms with E-state index >= 15 is 0 Å².